The van der Waals surface area contributed by atoms with Crippen LogP contribution in [0.3, 0.4) is 0 Å². The number of aliphatic carboxylic acids is 1. The Kier molecular flexibility index (Phi) is 6.26. The average Bonchev–Trinajstić information content (AvgIpc) is 3.06. The van der Waals surface area contributed by atoms with Crippen LogP contribution in [0, 0.1) is 46.3 Å². The lowest BCUT2D eigenvalue weighted by Crippen LogP contribution is -2.68. The minimum absolute atomic E-state index is 0.00199. The molecule has 0 heterocycles. The molecule has 0 spiro atoms. The Morgan fingerprint density at radius 1 is 1.09 bits per heavy atom. The van der Waals surface area contributed by atoms with Gasteiger partial charge in [-0.2, -0.15) is 8.42 Å². The van der Waals surface area contributed by atoms with E-state index in [0.29, 0.717) is 38.5 Å². The van der Waals surface area contributed by atoms with Gasteiger partial charge in [-0.15, -0.1) is 0 Å². The monoisotopic (exact) mass is 488 g/mol. The SMILES string of the molecule is C[C@H](CCC(=O)O)[C@H]1CC[C@H]2[C@H]3[C@H](C[C@H](O)[C@]12C)[C@@]1(C)CC[C@@H](O)C[C@H]1C[C@]3(O)S(=O)(=O)O. The summed E-state index contributed by atoms with van der Waals surface area (Å²) in [6.07, 6.45) is 2.49. The maximum atomic E-state index is 12.7. The summed E-state index contributed by atoms with van der Waals surface area (Å²) in [5.74, 6) is -2.42. The Hall–Kier alpha value is -0.740. The largest absolute Gasteiger partial charge is 0.481 e. The van der Waals surface area contributed by atoms with Crippen molar-refractivity contribution in [1.29, 1.82) is 0 Å². The molecular formula is C24H40O8S. The lowest BCUT2D eigenvalue weighted by atomic mass is 9.43. The molecule has 0 saturated heterocycles. The molecule has 33 heavy (non-hydrogen) atoms. The van der Waals surface area contributed by atoms with Gasteiger partial charge in [-0.05, 0) is 91.8 Å². The fraction of sp³-hybridized carbons (Fsp3) is 0.958. The molecule has 4 aliphatic rings. The van der Waals surface area contributed by atoms with Crippen molar-refractivity contribution < 1.29 is 38.2 Å². The molecule has 4 saturated carbocycles. The first kappa shape index (κ1) is 25.4. The Balaban J connectivity index is 1.76. The number of carbonyl (C=O) groups is 1. The molecular weight excluding hydrogens is 448 g/mol. The Labute approximate surface area is 196 Å². The second-order valence-corrected chi connectivity index (χ2v) is 13.8. The smallest absolute Gasteiger partial charge is 0.303 e. The van der Waals surface area contributed by atoms with Gasteiger partial charge in [-0.1, -0.05) is 20.8 Å². The second-order valence-electron chi connectivity index (χ2n) is 12.1. The van der Waals surface area contributed by atoms with E-state index in [-0.39, 0.29) is 47.8 Å². The minimum Gasteiger partial charge on any atom is -0.481 e. The van der Waals surface area contributed by atoms with Crippen molar-refractivity contribution in [1.82, 2.24) is 0 Å². The van der Waals surface area contributed by atoms with Gasteiger partial charge < -0.3 is 20.4 Å². The van der Waals surface area contributed by atoms with Crippen molar-refractivity contribution in [2.75, 3.05) is 0 Å². The van der Waals surface area contributed by atoms with Gasteiger partial charge in [0.2, 0.25) is 0 Å². The molecule has 0 aromatic rings. The maximum Gasteiger partial charge on any atom is 0.303 e. The van der Waals surface area contributed by atoms with Crippen molar-refractivity contribution in [3.8, 4) is 0 Å². The van der Waals surface area contributed by atoms with E-state index < -0.39 is 44.6 Å². The molecule has 8 nitrogen and oxygen atoms in total. The van der Waals surface area contributed by atoms with Crippen LogP contribution in [0.15, 0.2) is 0 Å². The Bertz CT molecular complexity index is 891. The van der Waals surface area contributed by atoms with Gasteiger partial charge in [0.15, 0.2) is 4.93 Å². The normalized spacial score (nSPS) is 50.7. The topological polar surface area (TPSA) is 152 Å². The first-order chi connectivity index (χ1) is 15.2. The molecule has 0 aromatic heterocycles. The summed E-state index contributed by atoms with van der Waals surface area (Å²) in [7, 11) is -4.82. The van der Waals surface area contributed by atoms with Crippen LogP contribution in [0.4, 0.5) is 0 Å². The van der Waals surface area contributed by atoms with E-state index in [0.717, 1.165) is 6.42 Å². The third-order valence-electron chi connectivity index (χ3n) is 10.8. The van der Waals surface area contributed by atoms with Crippen LogP contribution in [-0.2, 0) is 14.9 Å². The number of carboxylic acid groups (broad SMARTS) is 1. The molecule has 9 heteroatoms. The van der Waals surface area contributed by atoms with Crippen LogP contribution < -0.4 is 0 Å². The molecule has 190 valence electrons. The van der Waals surface area contributed by atoms with Crippen LogP contribution in [-0.4, -0.2) is 56.5 Å². The van der Waals surface area contributed by atoms with Crippen molar-refractivity contribution in [3.63, 3.8) is 0 Å². The molecule has 5 N–H and O–H groups in total. The lowest BCUT2D eigenvalue weighted by Gasteiger charge is -2.65. The summed E-state index contributed by atoms with van der Waals surface area (Å²) in [6.45, 7) is 6.06. The van der Waals surface area contributed by atoms with Gasteiger partial charge in [0.1, 0.15) is 0 Å². The first-order valence-corrected chi connectivity index (χ1v) is 13.9. The predicted molar refractivity (Wildman–Crippen MR) is 121 cm³/mol. The summed E-state index contributed by atoms with van der Waals surface area (Å²) in [5, 5.41) is 42.7. The number of hydrogen-bond acceptors (Lipinski definition) is 6. The number of rotatable bonds is 5. The van der Waals surface area contributed by atoms with Crippen molar-refractivity contribution >= 4 is 16.1 Å². The van der Waals surface area contributed by atoms with Crippen LogP contribution in [0.1, 0.15) is 78.6 Å². The van der Waals surface area contributed by atoms with Gasteiger partial charge in [-0.25, -0.2) is 0 Å². The quantitative estimate of drug-likeness (QED) is 0.370. The standard InChI is InChI=1S/C24H40O8S/c1-13(4-7-20(27)28)16-5-6-17-21-18(11-19(26)23(16,17)3)22(2)9-8-15(25)10-14(22)12-24(21,29)33(30,31)32/h13-19,21,25-26,29H,4-12H2,1-3H3,(H,27,28)(H,30,31,32)/t13-,14+,15-,16-,17+,18+,19+,21+,22+,23-,24+/m1/s1. The van der Waals surface area contributed by atoms with Crippen molar-refractivity contribution in [3.05, 3.63) is 0 Å². The zero-order valence-electron chi connectivity index (χ0n) is 19.9. The highest BCUT2D eigenvalue weighted by atomic mass is 32.2. The average molecular weight is 489 g/mol. The molecule has 0 aliphatic heterocycles. The Morgan fingerprint density at radius 3 is 2.36 bits per heavy atom. The summed E-state index contributed by atoms with van der Waals surface area (Å²) in [5.41, 5.74) is -1.01. The van der Waals surface area contributed by atoms with E-state index in [1.165, 1.54) is 0 Å². The number of aliphatic hydroxyl groups is 3. The first-order valence-electron chi connectivity index (χ1n) is 12.4. The molecule has 0 bridgehead atoms. The number of fused-ring (bicyclic) bond motifs is 5. The van der Waals surface area contributed by atoms with Crippen molar-refractivity contribution in [2.24, 2.45) is 46.3 Å². The molecule has 0 aromatic carbocycles. The van der Waals surface area contributed by atoms with Crippen LogP contribution in [0.25, 0.3) is 0 Å². The second kappa shape index (κ2) is 8.15. The van der Waals surface area contributed by atoms with Crippen molar-refractivity contribution in [2.45, 2.75) is 95.7 Å². The fourth-order valence-corrected chi connectivity index (χ4v) is 10.0. The third-order valence-corrected chi connectivity index (χ3v) is 12.1. The molecule has 11 atom stereocenters. The highest BCUT2D eigenvalue weighted by Crippen LogP contribution is 2.70. The summed E-state index contributed by atoms with van der Waals surface area (Å²) in [6, 6.07) is 0. The van der Waals surface area contributed by atoms with Gasteiger partial charge in [0.25, 0.3) is 10.1 Å². The van der Waals surface area contributed by atoms with E-state index in [1.807, 2.05) is 13.8 Å². The summed E-state index contributed by atoms with van der Waals surface area (Å²) in [4.78, 5) is 8.81. The number of aliphatic hydroxyl groups excluding tert-OH is 2. The maximum absolute atomic E-state index is 12.7. The number of hydrogen-bond donors (Lipinski definition) is 5. The minimum atomic E-state index is -4.82. The fourth-order valence-electron chi connectivity index (χ4n) is 8.96. The lowest BCUT2D eigenvalue weighted by molar-refractivity contribution is -0.219. The molecule has 4 fully saturated rings. The van der Waals surface area contributed by atoms with E-state index in [1.54, 1.807) is 0 Å². The van der Waals surface area contributed by atoms with Gasteiger partial charge in [-0.3, -0.25) is 9.35 Å². The number of carboxylic acids is 1. The molecule has 0 unspecified atom stereocenters. The zero-order chi connectivity index (χ0) is 24.6. The van der Waals surface area contributed by atoms with Gasteiger partial charge in [0.05, 0.1) is 12.2 Å². The van der Waals surface area contributed by atoms with Crippen LogP contribution in [0.5, 0.6) is 0 Å². The summed E-state index contributed by atoms with van der Waals surface area (Å²) >= 11 is 0. The van der Waals surface area contributed by atoms with E-state index in [4.69, 9.17) is 5.11 Å². The zero-order valence-corrected chi connectivity index (χ0v) is 20.7. The molecule has 0 radical (unpaired) electrons. The predicted octanol–water partition coefficient (Wildman–Crippen LogP) is 2.66. The molecule has 4 aliphatic carbocycles. The highest BCUT2D eigenvalue weighted by Gasteiger charge is 2.71. The van der Waals surface area contributed by atoms with E-state index in [2.05, 4.69) is 6.92 Å². The molecule has 0 amide bonds. The van der Waals surface area contributed by atoms with Gasteiger partial charge >= 0.3 is 5.97 Å². The van der Waals surface area contributed by atoms with E-state index in [9.17, 15) is 33.1 Å². The highest BCUT2D eigenvalue weighted by molar-refractivity contribution is 7.87. The third kappa shape index (κ3) is 3.68. The van der Waals surface area contributed by atoms with Crippen LogP contribution in [0.2, 0.25) is 0 Å². The van der Waals surface area contributed by atoms with Gasteiger partial charge in [0, 0.05) is 12.3 Å². The van der Waals surface area contributed by atoms with Crippen LogP contribution >= 0.6 is 0 Å². The Morgan fingerprint density at radius 2 is 1.76 bits per heavy atom. The molecule has 4 rings (SSSR count). The summed E-state index contributed by atoms with van der Waals surface area (Å²) < 4.78 is 35.7. The van der Waals surface area contributed by atoms with E-state index >= 15 is 0 Å².